The molecule has 0 atom stereocenters. The number of hydrogen-bond donors (Lipinski definition) is 1. The van der Waals surface area contributed by atoms with Crippen LogP contribution in [-0.4, -0.2) is 28.0 Å². The van der Waals surface area contributed by atoms with Gasteiger partial charge >= 0.3 is 0 Å². The third-order valence-corrected chi connectivity index (χ3v) is 4.59. The molecule has 4 nitrogen and oxygen atoms in total. The molecule has 0 saturated carbocycles. The molecule has 22 heavy (non-hydrogen) atoms. The van der Waals surface area contributed by atoms with Crippen molar-refractivity contribution in [1.82, 2.24) is 14.9 Å². The first-order valence-corrected chi connectivity index (χ1v) is 8.01. The molecule has 0 aliphatic carbocycles. The van der Waals surface area contributed by atoms with E-state index in [2.05, 4.69) is 27.9 Å². The van der Waals surface area contributed by atoms with Crippen LogP contribution in [0, 0.1) is 12.8 Å². The van der Waals surface area contributed by atoms with Gasteiger partial charge in [-0.15, -0.1) is 0 Å². The Morgan fingerprint density at radius 2 is 2.09 bits per heavy atom. The van der Waals surface area contributed by atoms with Crippen LogP contribution in [0.25, 0.3) is 0 Å². The second kappa shape index (κ2) is 6.88. The Hall–Kier alpha value is -1.94. The topological polar surface area (TPSA) is 49.0 Å². The highest BCUT2D eigenvalue weighted by molar-refractivity contribution is 5.18. The van der Waals surface area contributed by atoms with Crippen LogP contribution < -0.4 is 5.56 Å². The lowest BCUT2D eigenvalue weighted by atomic mass is 9.90. The van der Waals surface area contributed by atoms with E-state index in [0.717, 1.165) is 37.7 Å². The molecule has 0 aromatic carbocycles. The minimum atomic E-state index is -0.0228. The Balaban J connectivity index is 1.51. The van der Waals surface area contributed by atoms with Crippen molar-refractivity contribution in [2.24, 2.45) is 5.92 Å². The number of aryl methyl sites for hydroxylation is 1. The molecule has 0 amide bonds. The first kappa shape index (κ1) is 15.0. The Morgan fingerprint density at radius 3 is 2.77 bits per heavy atom. The summed E-state index contributed by atoms with van der Waals surface area (Å²) in [6.07, 6.45) is 7.22. The van der Waals surface area contributed by atoms with E-state index in [4.69, 9.17) is 0 Å². The molecule has 1 fully saturated rings. The summed E-state index contributed by atoms with van der Waals surface area (Å²) in [5, 5.41) is 0. The van der Waals surface area contributed by atoms with Gasteiger partial charge in [0.1, 0.15) is 0 Å². The molecule has 2 aromatic rings. The van der Waals surface area contributed by atoms with Crippen molar-refractivity contribution in [3.63, 3.8) is 0 Å². The number of rotatable bonds is 4. The zero-order valence-corrected chi connectivity index (χ0v) is 13.1. The standard InChI is InChI=1S/C18H23N3O/c1-14-17(3-2-8-19-14)13-21-9-6-15(7-10-21)11-16-4-5-18(22)20-12-16/h2-5,8,12,15H,6-7,9-11,13H2,1H3,(H,20,22). The van der Waals surface area contributed by atoms with Crippen molar-refractivity contribution in [3.05, 3.63) is 63.8 Å². The van der Waals surface area contributed by atoms with Gasteiger partial charge < -0.3 is 4.98 Å². The number of H-pyrrole nitrogens is 1. The number of nitrogens with zero attached hydrogens (tertiary/aromatic N) is 2. The normalized spacial score (nSPS) is 16.8. The van der Waals surface area contributed by atoms with Gasteiger partial charge in [0.2, 0.25) is 5.56 Å². The van der Waals surface area contributed by atoms with Crippen molar-refractivity contribution in [3.8, 4) is 0 Å². The Bertz CT molecular complexity index is 652. The van der Waals surface area contributed by atoms with Gasteiger partial charge in [0.15, 0.2) is 0 Å². The predicted molar refractivity (Wildman–Crippen MR) is 87.7 cm³/mol. The molecule has 3 rings (SSSR count). The predicted octanol–water partition coefficient (Wildman–Crippen LogP) is 2.53. The van der Waals surface area contributed by atoms with Gasteiger partial charge in [0, 0.05) is 30.7 Å². The van der Waals surface area contributed by atoms with Crippen LogP contribution in [0.5, 0.6) is 0 Å². The van der Waals surface area contributed by atoms with E-state index in [1.807, 2.05) is 24.5 Å². The lowest BCUT2D eigenvalue weighted by molar-refractivity contribution is 0.176. The third-order valence-electron chi connectivity index (χ3n) is 4.59. The second-order valence-corrected chi connectivity index (χ2v) is 6.23. The minimum absolute atomic E-state index is 0.0228. The molecular weight excluding hydrogens is 274 g/mol. The highest BCUT2D eigenvalue weighted by atomic mass is 16.1. The molecule has 1 aliphatic rings. The summed E-state index contributed by atoms with van der Waals surface area (Å²) >= 11 is 0. The maximum Gasteiger partial charge on any atom is 0.247 e. The average Bonchev–Trinajstić information content (AvgIpc) is 2.54. The number of likely N-dealkylation sites (tertiary alicyclic amines) is 1. The molecule has 116 valence electrons. The third kappa shape index (κ3) is 3.83. The summed E-state index contributed by atoms with van der Waals surface area (Å²) in [6.45, 7) is 5.37. The van der Waals surface area contributed by atoms with Gasteiger partial charge in [-0.05, 0) is 62.4 Å². The van der Waals surface area contributed by atoms with Gasteiger partial charge in [-0.2, -0.15) is 0 Å². The van der Waals surface area contributed by atoms with Gasteiger partial charge in [0.05, 0.1) is 0 Å². The fraction of sp³-hybridized carbons (Fsp3) is 0.444. The molecule has 3 heterocycles. The molecule has 1 N–H and O–H groups in total. The van der Waals surface area contributed by atoms with Crippen LogP contribution >= 0.6 is 0 Å². The number of piperidine rings is 1. The smallest absolute Gasteiger partial charge is 0.247 e. The summed E-state index contributed by atoms with van der Waals surface area (Å²) < 4.78 is 0. The highest BCUT2D eigenvalue weighted by Gasteiger charge is 2.20. The first-order chi connectivity index (χ1) is 10.7. The summed E-state index contributed by atoms with van der Waals surface area (Å²) in [4.78, 5) is 20.7. The maximum atomic E-state index is 11.1. The highest BCUT2D eigenvalue weighted by Crippen LogP contribution is 2.22. The van der Waals surface area contributed by atoms with E-state index in [1.165, 1.54) is 24.0 Å². The van der Waals surface area contributed by atoms with Crippen LogP contribution in [0.15, 0.2) is 41.5 Å². The molecule has 0 unspecified atom stereocenters. The zero-order chi connectivity index (χ0) is 15.4. The quantitative estimate of drug-likeness (QED) is 0.943. The summed E-state index contributed by atoms with van der Waals surface area (Å²) in [5.41, 5.74) is 3.69. The average molecular weight is 297 g/mol. The lowest BCUT2D eigenvalue weighted by Crippen LogP contribution is -2.34. The van der Waals surface area contributed by atoms with Crippen LogP contribution in [-0.2, 0) is 13.0 Å². The summed E-state index contributed by atoms with van der Waals surface area (Å²) in [7, 11) is 0. The first-order valence-electron chi connectivity index (χ1n) is 8.01. The number of pyridine rings is 2. The van der Waals surface area contributed by atoms with E-state index in [0.29, 0.717) is 0 Å². The molecule has 4 heteroatoms. The van der Waals surface area contributed by atoms with E-state index < -0.39 is 0 Å². The number of nitrogens with one attached hydrogen (secondary N) is 1. The second-order valence-electron chi connectivity index (χ2n) is 6.23. The van der Waals surface area contributed by atoms with E-state index >= 15 is 0 Å². The van der Waals surface area contributed by atoms with Crippen molar-refractivity contribution in [1.29, 1.82) is 0 Å². The van der Waals surface area contributed by atoms with E-state index in [-0.39, 0.29) is 5.56 Å². The van der Waals surface area contributed by atoms with Crippen LogP contribution in [0.2, 0.25) is 0 Å². The van der Waals surface area contributed by atoms with E-state index in [9.17, 15) is 4.79 Å². The molecule has 0 bridgehead atoms. The number of aromatic amines is 1. The van der Waals surface area contributed by atoms with Gasteiger partial charge in [-0.3, -0.25) is 14.7 Å². The molecular formula is C18H23N3O. The van der Waals surface area contributed by atoms with Crippen LogP contribution in [0.1, 0.15) is 29.7 Å². The van der Waals surface area contributed by atoms with Crippen molar-refractivity contribution < 1.29 is 0 Å². The lowest BCUT2D eigenvalue weighted by Gasteiger charge is -2.32. The zero-order valence-electron chi connectivity index (χ0n) is 13.1. The van der Waals surface area contributed by atoms with Crippen LogP contribution in [0.4, 0.5) is 0 Å². The molecule has 1 aliphatic heterocycles. The van der Waals surface area contributed by atoms with E-state index in [1.54, 1.807) is 6.07 Å². The summed E-state index contributed by atoms with van der Waals surface area (Å²) in [6, 6.07) is 7.76. The monoisotopic (exact) mass is 297 g/mol. The Morgan fingerprint density at radius 1 is 1.27 bits per heavy atom. The summed E-state index contributed by atoms with van der Waals surface area (Å²) in [5.74, 6) is 0.720. The Kier molecular flexibility index (Phi) is 4.68. The van der Waals surface area contributed by atoms with Crippen molar-refractivity contribution in [2.45, 2.75) is 32.7 Å². The fourth-order valence-electron chi connectivity index (χ4n) is 3.18. The van der Waals surface area contributed by atoms with Gasteiger partial charge in [-0.25, -0.2) is 0 Å². The van der Waals surface area contributed by atoms with Crippen molar-refractivity contribution >= 4 is 0 Å². The molecule has 0 spiro atoms. The molecule has 0 radical (unpaired) electrons. The number of hydrogen-bond acceptors (Lipinski definition) is 3. The van der Waals surface area contributed by atoms with Crippen LogP contribution in [0.3, 0.4) is 0 Å². The largest absolute Gasteiger partial charge is 0.329 e. The Labute approximate surface area is 131 Å². The minimum Gasteiger partial charge on any atom is -0.329 e. The molecule has 2 aromatic heterocycles. The van der Waals surface area contributed by atoms with Gasteiger partial charge in [0.25, 0.3) is 0 Å². The number of aromatic nitrogens is 2. The molecule has 1 saturated heterocycles. The fourth-order valence-corrected chi connectivity index (χ4v) is 3.18. The van der Waals surface area contributed by atoms with Gasteiger partial charge in [-0.1, -0.05) is 12.1 Å². The van der Waals surface area contributed by atoms with Crippen molar-refractivity contribution in [2.75, 3.05) is 13.1 Å². The maximum absolute atomic E-state index is 11.1. The SMILES string of the molecule is Cc1ncccc1CN1CCC(Cc2ccc(=O)[nH]c2)CC1.